The minimum absolute atomic E-state index is 0.0456. The van der Waals surface area contributed by atoms with Crippen molar-refractivity contribution in [2.45, 2.75) is 32.2 Å². The SMILES string of the molecule is CCN1CCN(c2cccc3c(O)n([C@H](CCCc4ccccc4)c4ccc(OC)c(OC)c4)cc23)CC1. The number of nitrogens with zero attached hydrogens (tertiary/aromatic N) is 3. The second-order valence-corrected chi connectivity index (χ2v) is 10.0. The summed E-state index contributed by atoms with van der Waals surface area (Å²) < 4.78 is 13.2. The molecular formula is C32H39N3O3. The van der Waals surface area contributed by atoms with Crippen LogP contribution in [0.2, 0.25) is 0 Å². The van der Waals surface area contributed by atoms with Crippen LogP contribution in [0.5, 0.6) is 17.4 Å². The van der Waals surface area contributed by atoms with Crippen LogP contribution in [0, 0.1) is 0 Å². The van der Waals surface area contributed by atoms with Crippen LogP contribution in [-0.2, 0) is 6.42 Å². The lowest BCUT2D eigenvalue weighted by molar-refractivity contribution is 0.271. The van der Waals surface area contributed by atoms with Gasteiger partial charge >= 0.3 is 0 Å². The highest BCUT2D eigenvalue weighted by Crippen LogP contribution is 2.41. The fraction of sp³-hybridized carbons (Fsp3) is 0.375. The van der Waals surface area contributed by atoms with Crippen LogP contribution >= 0.6 is 0 Å². The minimum Gasteiger partial charge on any atom is -0.494 e. The standard InChI is InChI=1S/C32H39N3O3/c1-4-33-18-20-34(21-19-33)29-15-9-13-26-27(29)23-35(32(26)36)28(14-8-12-24-10-6-5-7-11-24)25-16-17-30(37-2)31(22-25)38-3/h5-7,9-11,13,15-17,22-23,28,36H,4,8,12,14,18-21H2,1-3H3/t28-/m1/s1. The Morgan fingerprint density at radius 1 is 0.842 bits per heavy atom. The van der Waals surface area contributed by atoms with Gasteiger partial charge in [-0.25, -0.2) is 0 Å². The molecule has 0 saturated carbocycles. The van der Waals surface area contributed by atoms with Crippen LogP contribution in [0.15, 0.2) is 72.9 Å². The first-order chi connectivity index (χ1) is 18.6. The topological polar surface area (TPSA) is 50.1 Å². The van der Waals surface area contributed by atoms with Crippen LogP contribution in [0.25, 0.3) is 10.8 Å². The molecule has 4 aromatic rings. The van der Waals surface area contributed by atoms with Gasteiger partial charge in [0.1, 0.15) is 0 Å². The zero-order valence-corrected chi connectivity index (χ0v) is 22.8. The third-order valence-corrected chi connectivity index (χ3v) is 7.91. The quantitative estimate of drug-likeness (QED) is 0.277. The molecule has 0 amide bonds. The molecule has 5 rings (SSSR count). The highest BCUT2D eigenvalue weighted by atomic mass is 16.5. The van der Waals surface area contributed by atoms with Gasteiger partial charge in [0.15, 0.2) is 17.4 Å². The molecule has 1 N–H and O–H groups in total. The average molecular weight is 514 g/mol. The largest absolute Gasteiger partial charge is 0.494 e. The summed E-state index contributed by atoms with van der Waals surface area (Å²) in [6.45, 7) is 7.43. The first kappa shape index (κ1) is 26.0. The van der Waals surface area contributed by atoms with Crippen LogP contribution in [0.4, 0.5) is 5.69 Å². The van der Waals surface area contributed by atoms with Crippen LogP contribution < -0.4 is 14.4 Å². The highest BCUT2D eigenvalue weighted by Gasteiger charge is 2.24. The van der Waals surface area contributed by atoms with E-state index in [0.717, 1.165) is 68.3 Å². The summed E-state index contributed by atoms with van der Waals surface area (Å²) in [5.74, 6) is 1.71. The maximum Gasteiger partial charge on any atom is 0.199 e. The van der Waals surface area contributed by atoms with Gasteiger partial charge in [0.25, 0.3) is 0 Å². The zero-order valence-electron chi connectivity index (χ0n) is 22.8. The molecule has 1 saturated heterocycles. The number of piperazine rings is 1. The summed E-state index contributed by atoms with van der Waals surface area (Å²) in [6.07, 6.45) is 5.00. The smallest absolute Gasteiger partial charge is 0.199 e. The molecule has 1 aliphatic rings. The molecule has 1 fully saturated rings. The fourth-order valence-electron chi connectivity index (χ4n) is 5.71. The van der Waals surface area contributed by atoms with Crippen molar-refractivity contribution < 1.29 is 14.6 Å². The summed E-state index contributed by atoms with van der Waals surface area (Å²) in [7, 11) is 3.32. The van der Waals surface area contributed by atoms with E-state index in [0.29, 0.717) is 17.4 Å². The van der Waals surface area contributed by atoms with E-state index in [1.165, 1.54) is 11.3 Å². The van der Waals surface area contributed by atoms with E-state index in [2.05, 4.69) is 76.0 Å². The van der Waals surface area contributed by atoms with Crippen molar-refractivity contribution in [3.63, 3.8) is 0 Å². The van der Waals surface area contributed by atoms with E-state index in [1.54, 1.807) is 14.2 Å². The van der Waals surface area contributed by atoms with Gasteiger partial charge in [0, 0.05) is 48.8 Å². The summed E-state index contributed by atoms with van der Waals surface area (Å²) in [4.78, 5) is 4.94. The number of anilines is 1. The normalized spacial score (nSPS) is 15.1. The first-order valence-electron chi connectivity index (χ1n) is 13.7. The number of hydrogen-bond donors (Lipinski definition) is 1. The molecular weight excluding hydrogens is 474 g/mol. The molecule has 2 heterocycles. The van der Waals surface area contributed by atoms with Crippen molar-refractivity contribution in [3.05, 3.63) is 84.1 Å². The second kappa shape index (κ2) is 11.8. The molecule has 0 unspecified atom stereocenters. The predicted molar refractivity (Wildman–Crippen MR) is 155 cm³/mol. The molecule has 0 spiro atoms. The van der Waals surface area contributed by atoms with E-state index in [-0.39, 0.29) is 6.04 Å². The average Bonchev–Trinajstić information content (AvgIpc) is 3.31. The Labute approximate surface area is 226 Å². The third kappa shape index (κ3) is 5.32. The van der Waals surface area contributed by atoms with Gasteiger partial charge in [-0.15, -0.1) is 0 Å². The highest BCUT2D eigenvalue weighted by molar-refractivity contribution is 5.98. The molecule has 1 aliphatic heterocycles. The van der Waals surface area contributed by atoms with E-state index < -0.39 is 0 Å². The number of rotatable bonds is 10. The maximum atomic E-state index is 11.5. The molecule has 1 atom stereocenters. The Morgan fingerprint density at radius 2 is 1.61 bits per heavy atom. The van der Waals surface area contributed by atoms with Gasteiger partial charge in [-0.1, -0.05) is 49.4 Å². The number of aromatic nitrogens is 1. The maximum absolute atomic E-state index is 11.5. The lowest BCUT2D eigenvalue weighted by Gasteiger charge is -2.35. The van der Waals surface area contributed by atoms with Crippen LogP contribution in [-0.4, -0.2) is 61.5 Å². The summed E-state index contributed by atoms with van der Waals surface area (Å²) in [5.41, 5.74) is 3.61. The first-order valence-corrected chi connectivity index (χ1v) is 13.7. The predicted octanol–water partition coefficient (Wildman–Crippen LogP) is 6.12. The summed E-state index contributed by atoms with van der Waals surface area (Å²) >= 11 is 0. The number of ether oxygens (including phenoxy) is 2. The van der Waals surface area contributed by atoms with Crippen molar-refractivity contribution in [2.75, 3.05) is 51.8 Å². The molecule has 38 heavy (non-hydrogen) atoms. The van der Waals surface area contributed by atoms with Gasteiger partial charge in [0.05, 0.1) is 20.3 Å². The minimum atomic E-state index is -0.0456. The number of likely N-dealkylation sites (N-methyl/N-ethyl adjacent to an activating group) is 1. The number of aromatic hydroxyl groups is 1. The van der Waals surface area contributed by atoms with Crippen molar-refractivity contribution in [1.82, 2.24) is 9.47 Å². The molecule has 1 aromatic heterocycles. The van der Waals surface area contributed by atoms with E-state index >= 15 is 0 Å². The molecule has 200 valence electrons. The van der Waals surface area contributed by atoms with Crippen molar-refractivity contribution >= 4 is 16.5 Å². The summed E-state index contributed by atoms with van der Waals surface area (Å²) in [6, 6.07) is 22.9. The van der Waals surface area contributed by atoms with Gasteiger partial charge in [0.2, 0.25) is 0 Å². The van der Waals surface area contributed by atoms with Gasteiger partial charge in [-0.3, -0.25) is 0 Å². The molecule has 6 heteroatoms. The monoisotopic (exact) mass is 513 g/mol. The van der Waals surface area contributed by atoms with E-state index in [9.17, 15) is 5.11 Å². The lowest BCUT2D eigenvalue weighted by atomic mass is 9.98. The Kier molecular flexibility index (Phi) is 8.08. The van der Waals surface area contributed by atoms with E-state index in [1.807, 2.05) is 18.2 Å². The van der Waals surface area contributed by atoms with Gasteiger partial charge < -0.3 is 28.9 Å². The number of aryl methyl sites for hydroxylation is 1. The Bertz CT molecular complexity index is 1340. The number of fused-ring (bicyclic) bond motifs is 1. The lowest BCUT2D eigenvalue weighted by Crippen LogP contribution is -2.46. The van der Waals surface area contributed by atoms with Gasteiger partial charge in [-0.2, -0.15) is 0 Å². The molecule has 0 bridgehead atoms. The Balaban J connectivity index is 1.51. The summed E-state index contributed by atoms with van der Waals surface area (Å²) in [5, 5.41) is 13.5. The van der Waals surface area contributed by atoms with E-state index in [4.69, 9.17) is 9.47 Å². The van der Waals surface area contributed by atoms with Crippen LogP contribution in [0.3, 0.4) is 0 Å². The van der Waals surface area contributed by atoms with Crippen LogP contribution in [0.1, 0.15) is 36.9 Å². The Morgan fingerprint density at radius 3 is 2.32 bits per heavy atom. The van der Waals surface area contributed by atoms with Crippen molar-refractivity contribution in [3.8, 4) is 17.4 Å². The third-order valence-electron chi connectivity index (χ3n) is 7.91. The molecule has 0 aliphatic carbocycles. The number of benzene rings is 3. The zero-order chi connectivity index (χ0) is 26.5. The van der Waals surface area contributed by atoms with Crippen molar-refractivity contribution in [2.24, 2.45) is 0 Å². The molecule has 6 nitrogen and oxygen atoms in total. The number of hydrogen-bond acceptors (Lipinski definition) is 5. The second-order valence-electron chi connectivity index (χ2n) is 10.0. The Hall–Kier alpha value is -3.64. The van der Waals surface area contributed by atoms with Crippen molar-refractivity contribution in [1.29, 1.82) is 0 Å². The fourth-order valence-corrected chi connectivity index (χ4v) is 5.71. The number of methoxy groups -OCH3 is 2. The molecule has 3 aromatic carbocycles. The molecule has 0 radical (unpaired) electrons. The van der Waals surface area contributed by atoms with Gasteiger partial charge in [-0.05, 0) is 61.2 Å².